The maximum Gasteiger partial charge on any atom is 0.251 e. The smallest absolute Gasteiger partial charge is 0.251 e. The first-order chi connectivity index (χ1) is 12.1. The van der Waals surface area contributed by atoms with Crippen LogP contribution in [0.1, 0.15) is 50.5 Å². The lowest BCUT2D eigenvalue weighted by atomic mass is 10.0. The highest BCUT2D eigenvalue weighted by Crippen LogP contribution is 2.10. The number of hydrogen-bond acceptors (Lipinski definition) is 3. The van der Waals surface area contributed by atoms with Gasteiger partial charge in [-0.15, -0.1) is 0 Å². The third kappa shape index (κ3) is 6.50. The number of rotatable bonds is 8. The third-order valence-corrected chi connectivity index (χ3v) is 3.98. The fourth-order valence-corrected chi connectivity index (χ4v) is 2.61. The zero-order valence-corrected chi connectivity index (χ0v) is 16.6. The molecule has 0 saturated heterocycles. The van der Waals surface area contributed by atoms with Crippen molar-refractivity contribution in [1.82, 2.24) is 15.5 Å². The SMILES string of the molecule is CCN(CC(=O)NC(C)C)C(=O)[C@@H](NC(=O)c1cccc(C)c1)C(C)C. The lowest BCUT2D eigenvalue weighted by Gasteiger charge is -2.29. The van der Waals surface area contributed by atoms with Crippen LogP contribution in [-0.4, -0.2) is 47.8 Å². The molecule has 0 unspecified atom stereocenters. The quantitative estimate of drug-likeness (QED) is 0.744. The van der Waals surface area contributed by atoms with E-state index in [0.717, 1.165) is 5.56 Å². The fraction of sp³-hybridized carbons (Fsp3) is 0.550. The molecule has 0 heterocycles. The van der Waals surface area contributed by atoms with Gasteiger partial charge in [-0.3, -0.25) is 14.4 Å². The number of aryl methyl sites for hydroxylation is 1. The topological polar surface area (TPSA) is 78.5 Å². The zero-order valence-electron chi connectivity index (χ0n) is 16.6. The van der Waals surface area contributed by atoms with Crippen LogP contribution in [0.3, 0.4) is 0 Å². The molecule has 6 heteroatoms. The van der Waals surface area contributed by atoms with Crippen LogP contribution in [0.15, 0.2) is 24.3 Å². The number of carbonyl (C=O) groups is 3. The van der Waals surface area contributed by atoms with Gasteiger partial charge in [-0.2, -0.15) is 0 Å². The van der Waals surface area contributed by atoms with Gasteiger partial charge in [0.25, 0.3) is 5.91 Å². The molecule has 0 radical (unpaired) electrons. The Balaban J connectivity index is 2.88. The Kier molecular flexibility index (Phi) is 8.29. The minimum Gasteiger partial charge on any atom is -0.352 e. The number of benzene rings is 1. The molecule has 3 amide bonds. The first kappa shape index (κ1) is 21.7. The van der Waals surface area contributed by atoms with Gasteiger partial charge in [-0.25, -0.2) is 0 Å². The maximum atomic E-state index is 12.9. The van der Waals surface area contributed by atoms with Crippen LogP contribution in [0.5, 0.6) is 0 Å². The molecule has 2 N–H and O–H groups in total. The van der Waals surface area contributed by atoms with Gasteiger partial charge >= 0.3 is 0 Å². The van der Waals surface area contributed by atoms with E-state index in [0.29, 0.717) is 12.1 Å². The van der Waals surface area contributed by atoms with E-state index in [9.17, 15) is 14.4 Å². The summed E-state index contributed by atoms with van der Waals surface area (Å²) in [5, 5.41) is 5.61. The molecule has 0 bridgehead atoms. The second-order valence-electron chi connectivity index (χ2n) is 7.14. The summed E-state index contributed by atoms with van der Waals surface area (Å²) in [6.07, 6.45) is 0. The number of likely N-dealkylation sites (N-methyl/N-ethyl adjacent to an activating group) is 1. The first-order valence-corrected chi connectivity index (χ1v) is 9.11. The molecule has 0 aliphatic heterocycles. The summed E-state index contributed by atoms with van der Waals surface area (Å²) in [5.41, 5.74) is 1.50. The Morgan fingerprint density at radius 1 is 1.08 bits per heavy atom. The number of hydrogen-bond donors (Lipinski definition) is 2. The van der Waals surface area contributed by atoms with Crippen molar-refractivity contribution in [3.63, 3.8) is 0 Å². The predicted octanol–water partition coefficient (Wildman–Crippen LogP) is 2.12. The van der Waals surface area contributed by atoms with Gasteiger partial charge in [0.1, 0.15) is 6.04 Å². The summed E-state index contributed by atoms with van der Waals surface area (Å²) < 4.78 is 0. The molecule has 26 heavy (non-hydrogen) atoms. The van der Waals surface area contributed by atoms with E-state index in [1.807, 2.05) is 53.7 Å². The van der Waals surface area contributed by atoms with Gasteiger partial charge in [0.15, 0.2) is 0 Å². The van der Waals surface area contributed by atoms with Crippen molar-refractivity contribution in [3.8, 4) is 0 Å². The van der Waals surface area contributed by atoms with Crippen LogP contribution < -0.4 is 10.6 Å². The molecule has 0 aliphatic rings. The third-order valence-electron chi connectivity index (χ3n) is 3.98. The molecule has 144 valence electrons. The standard InChI is InChI=1S/C20H31N3O3/c1-7-23(12-17(24)21-14(4)5)20(26)18(13(2)3)22-19(25)16-10-8-9-15(6)11-16/h8-11,13-14,18H,7,12H2,1-6H3,(H,21,24)(H,22,25)/t18-/m0/s1. The molecule has 0 saturated carbocycles. The number of amides is 3. The van der Waals surface area contributed by atoms with E-state index in [-0.39, 0.29) is 36.2 Å². The molecule has 0 aromatic heterocycles. The molecule has 0 aliphatic carbocycles. The Bertz CT molecular complexity index is 641. The van der Waals surface area contributed by atoms with Crippen molar-refractivity contribution in [2.24, 2.45) is 5.92 Å². The van der Waals surface area contributed by atoms with Crippen molar-refractivity contribution in [2.45, 2.75) is 53.6 Å². The average Bonchev–Trinajstić information content (AvgIpc) is 2.55. The van der Waals surface area contributed by atoms with Crippen molar-refractivity contribution in [2.75, 3.05) is 13.1 Å². The van der Waals surface area contributed by atoms with Crippen LogP contribution in [0.2, 0.25) is 0 Å². The van der Waals surface area contributed by atoms with E-state index in [2.05, 4.69) is 10.6 Å². The molecule has 1 aromatic rings. The number of nitrogens with zero attached hydrogens (tertiary/aromatic N) is 1. The van der Waals surface area contributed by atoms with E-state index in [1.165, 1.54) is 4.90 Å². The summed E-state index contributed by atoms with van der Waals surface area (Å²) >= 11 is 0. The van der Waals surface area contributed by atoms with Crippen LogP contribution in [0.4, 0.5) is 0 Å². The van der Waals surface area contributed by atoms with Gasteiger partial charge in [-0.1, -0.05) is 31.5 Å². The largest absolute Gasteiger partial charge is 0.352 e. The highest BCUT2D eigenvalue weighted by Gasteiger charge is 2.29. The minimum atomic E-state index is -0.685. The maximum absolute atomic E-state index is 12.9. The normalized spacial score (nSPS) is 12.0. The van der Waals surface area contributed by atoms with Crippen LogP contribution >= 0.6 is 0 Å². The van der Waals surface area contributed by atoms with Crippen LogP contribution in [0, 0.1) is 12.8 Å². The highest BCUT2D eigenvalue weighted by molar-refractivity contribution is 5.98. The molecule has 6 nitrogen and oxygen atoms in total. The van der Waals surface area contributed by atoms with Crippen molar-refractivity contribution >= 4 is 17.7 Å². The molecule has 0 fully saturated rings. The number of carbonyl (C=O) groups excluding carboxylic acids is 3. The number of nitrogens with one attached hydrogen (secondary N) is 2. The monoisotopic (exact) mass is 361 g/mol. The van der Waals surface area contributed by atoms with Gasteiger partial charge in [0, 0.05) is 18.2 Å². The molecule has 1 atom stereocenters. The van der Waals surface area contributed by atoms with Gasteiger partial charge in [0.05, 0.1) is 6.54 Å². The molecular formula is C20H31N3O3. The Morgan fingerprint density at radius 3 is 2.23 bits per heavy atom. The van der Waals surface area contributed by atoms with E-state index < -0.39 is 6.04 Å². The van der Waals surface area contributed by atoms with Gasteiger partial charge in [0.2, 0.25) is 11.8 Å². The Labute approximate surface area is 156 Å². The van der Waals surface area contributed by atoms with Crippen molar-refractivity contribution in [1.29, 1.82) is 0 Å². The predicted molar refractivity (Wildman–Crippen MR) is 103 cm³/mol. The van der Waals surface area contributed by atoms with E-state index in [4.69, 9.17) is 0 Å². The molecule has 0 spiro atoms. The second-order valence-corrected chi connectivity index (χ2v) is 7.14. The first-order valence-electron chi connectivity index (χ1n) is 9.11. The van der Waals surface area contributed by atoms with Crippen molar-refractivity contribution in [3.05, 3.63) is 35.4 Å². The van der Waals surface area contributed by atoms with Crippen molar-refractivity contribution < 1.29 is 14.4 Å². The zero-order chi connectivity index (χ0) is 19.9. The molecule has 1 aromatic carbocycles. The van der Waals surface area contributed by atoms with E-state index >= 15 is 0 Å². The summed E-state index contributed by atoms with van der Waals surface area (Å²) in [4.78, 5) is 38.9. The lowest BCUT2D eigenvalue weighted by molar-refractivity contribution is -0.138. The van der Waals surface area contributed by atoms with Crippen LogP contribution in [0.25, 0.3) is 0 Å². The van der Waals surface area contributed by atoms with Gasteiger partial charge in [-0.05, 0) is 45.7 Å². The van der Waals surface area contributed by atoms with E-state index in [1.54, 1.807) is 12.1 Å². The Morgan fingerprint density at radius 2 is 1.73 bits per heavy atom. The van der Waals surface area contributed by atoms with Gasteiger partial charge < -0.3 is 15.5 Å². The lowest BCUT2D eigenvalue weighted by Crippen LogP contribution is -2.53. The average molecular weight is 361 g/mol. The Hall–Kier alpha value is -2.37. The second kappa shape index (κ2) is 9.94. The summed E-state index contributed by atoms with van der Waals surface area (Å²) in [6.45, 7) is 11.6. The minimum absolute atomic E-state index is 0.0122. The highest BCUT2D eigenvalue weighted by atomic mass is 16.2. The van der Waals surface area contributed by atoms with Crippen LogP contribution in [-0.2, 0) is 9.59 Å². The molecule has 1 rings (SSSR count). The summed E-state index contributed by atoms with van der Waals surface area (Å²) in [6, 6.07) is 6.55. The fourth-order valence-electron chi connectivity index (χ4n) is 2.61. The summed E-state index contributed by atoms with van der Waals surface area (Å²) in [5.74, 6) is -0.841. The molecular weight excluding hydrogens is 330 g/mol. The summed E-state index contributed by atoms with van der Waals surface area (Å²) in [7, 11) is 0.